The minimum Gasteiger partial charge on any atom is -0.488 e. The third-order valence-corrected chi connectivity index (χ3v) is 1.70. The molecule has 0 amide bonds. The molecule has 0 heterocycles. The summed E-state index contributed by atoms with van der Waals surface area (Å²) in [6.07, 6.45) is 1.64. The van der Waals surface area contributed by atoms with Gasteiger partial charge in [0.25, 0.3) is 0 Å². The summed E-state index contributed by atoms with van der Waals surface area (Å²) in [4.78, 5) is 0. The van der Waals surface area contributed by atoms with Crippen molar-refractivity contribution in [1.82, 2.24) is 0 Å². The molecule has 1 nitrogen and oxygen atoms in total. The van der Waals surface area contributed by atoms with E-state index in [1.807, 2.05) is 0 Å². The number of rotatable bonds is 3. The van der Waals surface area contributed by atoms with Crippen molar-refractivity contribution in [3.8, 4) is 5.75 Å². The van der Waals surface area contributed by atoms with E-state index in [1.165, 1.54) is 0 Å². The highest BCUT2D eigenvalue weighted by Gasteiger charge is 2.00. The number of hydrogen-bond donors (Lipinski definition) is 0. The first kappa shape index (κ1) is 9.43. The first-order valence-corrected chi connectivity index (χ1v) is 4.10. The second kappa shape index (κ2) is 4.39. The van der Waals surface area contributed by atoms with Crippen LogP contribution in [0.15, 0.2) is 24.8 Å². The summed E-state index contributed by atoms with van der Waals surface area (Å²) in [6, 6.07) is 5.96. The van der Waals surface area contributed by atoms with E-state index in [-0.39, 0.29) is 0 Å². The quantitative estimate of drug-likeness (QED) is 0.682. The predicted octanol–water partition coefficient (Wildman–Crippen LogP) is 3.36. The maximum Gasteiger partial charge on any atom is 0.139 e. The molecule has 0 fully saturated rings. The first-order valence-electron chi connectivity index (χ1n) is 3.34. The fourth-order valence-electron chi connectivity index (χ4n) is 0.687. The van der Waals surface area contributed by atoms with Crippen molar-refractivity contribution < 1.29 is 4.74 Å². The fourth-order valence-corrected chi connectivity index (χ4v) is 1.12. The van der Waals surface area contributed by atoms with Crippen molar-refractivity contribution in [1.29, 1.82) is 0 Å². The van der Waals surface area contributed by atoms with Crippen molar-refractivity contribution in [2.75, 3.05) is 6.61 Å². The Kier molecular flexibility index (Phi) is 3.45. The van der Waals surface area contributed by atoms with Gasteiger partial charge in [0.2, 0.25) is 0 Å². The van der Waals surface area contributed by atoms with Crippen molar-refractivity contribution in [2.24, 2.45) is 0 Å². The fraction of sp³-hybridized carbons (Fsp3) is 0.111. The molecule has 1 rings (SSSR count). The lowest BCUT2D eigenvalue weighted by Gasteiger charge is -2.04. The van der Waals surface area contributed by atoms with Crippen LogP contribution in [0.25, 0.3) is 0 Å². The van der Waals surface area contributed by atoms with Crippen LogP contribution in [0.5, 0.6) is 5.75 Å². The molecule has 12 heavy (non-hydrogen) atoms. The summed E-state index contributed by atoms with van der Waals surface area (Å²) >= 11 is 11.4. The molecule has 0 bridgehead atoms. The van der Waals surface area contributed by atoms with Gasteiger partial charge in [0.05, 0.1) is 10.0 Å². The van der Waals surface area contributed by atoms with Gasteiger partial charge >= 0.3 is 0 Å². The standard InChI is InChI=1S/C9H7Cl2O/c1-2-5-12-9-4-3-7(10)6-8(9)11/h2,4,6H,1,5H2. The Balaban J connectivity index is 2.78. The highest BCUT2D eigenvalue weighted by molar-refractivity contribution is 6.35. The van der Waals surface area contributed by atoms with Gasteiger partial charge in [-0.15, -0.1) is 0 Å². The van der Waals surface area contributed by atoms with Crippen LogP contribution in [0.1, 0.15) is 0 Å². The van der Waals surface area contributed by atoms with Crippen molar-refractivity contribution >= 4 is 23.2 Å². The summed E-state index contributed by atoms with van der Waals surface area (Å²) in [5, 5.41) is 0.964. The van der Waals surface area contributed by atoms with Crippen molar-refractivity contribution in [3.63, 3.8) is 0 Å². The minimum absolute atomic E-state index is 0.426. The highest BCUT2D eigenvalue weighted by atomic mass is 35.5. The molecule has 0 atom stereocenters. The summed E-state index contributed by atoms with van der Waals surface area (Å²) in [7, 11) is 0. The first-order chi connectivity index (χ1) is 5.74. The summed E-state index contributed by atoms with van der Waals surface area (Å²) in [5.41, 5.74) is 0. The molecule has 0 N–H and O–H groups in total. The second-order valence-corrected chi connectivity index (χ2v) is 2.91. The maximum absolute atomic E-state index is 5.80. The lowest BCUT2D eigenvalue weighted by Crippen LogP contribution is -1.92. The smallest absolute Gasteiger partial charge is 0.139 e. The molecule has 3 heteroatoms. The monoisotopic (exact) mass is 201 g/mol. The Morgan fingerprint density at radius 2 is 2.33 bits per heavy atom. The lowest BCUT2D eigenvalue weighted by molar-refractivity contribution is 0.363. The zero-order valence-electron chi connectivity index (χ0n) is 6.31. The van der Waals surface area contributed by atoms with E-state index in [0.29, 0.717) is 22.4 Å². The molecule has 0 aliphatic rings. The van der Waals surface area contributed by atoms with Gasteiger partial charge < -0.3 is 4.74 Å². The third kappa shape index (κ3) is 2.43. The van der Waals surface area contributed by atoms with Gasteiger partial charge in [0, 0.05) is 6.07 Å². The largest absolute Gasteiger partial charge is 0.488 e. The molecule has 0 spiro atoms. The van der Waals surface area contributed by atoms with Crippen LogP contribution >= 0.6 is 23.2 Å². The van der Waals surface area contributed by atoms with E-state index in [0.717, 1.165) is 0 Å². The molecule has 0 unspecified atom stereocenters. The zero-order valence-corrected chi connectivity index (χ0v) is 7.82. The van der Waals surface area contributed by atoms with Crippen LogP contribution in [0.3, 0.4) is 0 Å². The number of benzene rings is 1. The highest BCUT2D eigenvalue weighted by Crippen LogP contribution is 2.26. The van der Waals surface area contributed by atoms with Crippen LogP contribution in [0.2, 0.25) is 10.0 Å². The molecular formula is C9H7Cl2O. The number of hydrogen-bond acceptors (Lipinski definition) is 1. The van der Waals surface area contributed by atoms with Gasteiger partial charge in [-0.25, -0.2) is 0 Å². The second-order valence-electron chi connectivity index (χ2n) is 2.09. The zero-order chi connectivity index (χ0) is 8.97. The van der Waals surface area contributed by atoms with Gasteiger partial charge in [-0.3, -0.25) is 0 Å². The average molecular weight is 202 g/mol. The SMILES string of the molecule is C=CCOc1c[c]c(Cl)cc1Cl. The Hall–Kier alpha value is -0.660. The third-order valence-electron chi connectivity index (χ3n) is 1.19. The molecule has 0 saturated heterocycles. The maximum atomic E-state index is 5.80. The van der Waals surface area contributed by atoms with E-state index >= 15 is 0 Å². The molecule has 1 aromatic rings. The predicted molar refractivity (Wildman–Crippen MR) is 51.0 cm³/mol. The average Bonchev–Trinajstić information content (AvgIpc) is 2.03. The van der Waals surface area contributed by atoms with E-state index in [4.69, 9.17) is 27.9 Å². The molecule has 0 aliphatic carbocycles. The minimum atomic E-state index is 0.426. The van der Waals surface area contributed by atoms with Crippen LogP contribution in [0.4, 0.5) is 0 Å². The summed E-state index contributed by atoms with van der Waals surface area (Å²) in [5.74, 6) is 0.570. The van der Waals surface area contributed by atoms with Crippen molar-refractivity contribution in [2.45, 2.75) is 0 Å². The van der Waals surface area contributed by atoms with Crippen LogP contribution in [-0.4, -0.2) is 6.61 Å². The summed E-state index contributed by atoms with van der Waals surface area (Å²) in [6.45, 7) is 3.94. The molecule has 0 saturated carbocycles. The Bertz CT molecular complexity index is 284. The Morgan fingerprint density at radius 1 is 1.58 bits per heavy atom. The number of ether oxygens (including phenoxy) is 1. The molecule has 1 aromatic carbocycles. The molecule has 0 aromatic heterocycles. The van der Waals surface area contributed by atoms with Crippen LogP contribution < -0.4 is 4.74 Å². The van der Waals surface area contributed by atoms with E-state index < -0.39 is 0 Å². The normalized spacial score (nSPS) is 9.50. The van der Waals surface area contributed by atoms with Gasteiger partial charge in [0.1, 0.15) is 12.4 Å². The van der Waals surface area contributed by atoms with E-state index in [9.17, 15) is 0 Å². The van der Waals surface area contributed by atoms with Crippen molar-refractivity contribution in [3.05, 3.63) is 40.9 Å². The molecule has 0 aliphatic heterocycles. The van der Waals surface area contributed by atoms with Crippen LogP contribution in [-0.2, 0) is 0 Å². The van der Waals surface area contributed by atoms with Gasteiger partial charge in [-0.05, 0) is 12.1 Å². The molecule has 63 valence electrons. The van der Waals surface area contributed by atoms with E-state index in [1.54, 1.807) is 18.2 Å². The van der Waals surface area contributed by atoms with E-state index in [2.05, 4.69) is 12.6 Å². The lowest BCUT2D eigenvalue weighted by atomic mass is 10.3. The van der Waals surface area contributed by atoms with Gasteiger partial charge in [-0.2, -0.15) is 0 Å². The Morgan fingerprint density at radius 3 is 2.92 bits per heavy atom. The van der Waals surface area contributed by atoms with Crippen LogP contribution in [0, 0.1) is 6.07 Å². The molecular weight excluding hydrogens is 195 g/mol. The van der Waals surface area contributed by atoms with Gasteiger partial charge in [-0.1, -0.05) is 35.9 Å². The van der Waals surface area contributed by atoms with Gasteiger partial charge in [0.15, 0.2) is 0 Å². The number of halogens is 2. The topological polar surface area (TPSA) is 9.23 Å². The molecule has 1 radical (unpaired) electrons. The summed E-state index contributed by atoms with van der Waals surface area (Å²) < 4.78 is 5.20. The Labute approximate surface area is 81.6 Å².